The van der Waals surface area contributed by atoms with E-state index in [0.717, 1.165) is 5.39 Å². The summed E-state index contributed by atoms with van der Waals surface area (Å²) in [4.78, 5) is 42.6. The van der Waals surface area contributed by atoms with Gasteiger partial charge >= 0.3 is 5.97 Å². The Morgan fingerprint density at radius 1 is 1.14 bits per heavy atom. The molecule has 216 valence electrons. The molecule has 4 aromatic rings. The van der Waals surface area contributed by atoms with Crippen LogP contribution >= 0.6 is 11.6 Å². The van der Waals surface area contributed by atoms with E-state index in [-0.39, 0.29) is 42.4 Å². The number of ketones is 2. The van der Waals surface area contributed by atoms with E-state index in [1.807, 2.05) is 6.07 Å². The maximum atomic E-state index is 14.9. The van der Waals surface area contributed by atoms with Gasteiger partial charge in [0, 0.05) is 46.9 Å². The normalized spacial score (nSPS) is 13.5. The van der Waals surface area contributed by atoms with Crippen LogP contribution in [0.25, 0.3) is 27.4 Å². The fourth-order valence-electron chi connectivity index (χ4n) is 4.95. The van der Waals surface area contributed by atoms with Crippen molar-refractivity contribution >= 4 is 56.5 Å². The zero-order valence-electron chi connectivity index (χ0n) is 24.0. The molecular weight excluding hydrogens is 559 g/mol. The van der Waals surface area contributed by atoms with Crippen molar-refractivity contribution in [3.8, 4) is 5.75 Å². The summed E-state index contributed by atoms with van der Waals surface area (Å²) in [5.74, 6) is -0.727. The van der Waals surface area contributed by atoms with Crippen molar-refractivity contribution in [2.24, 2.45) is 5.41 Å². The molecule has 5 rings (SSSR count). The van der Waals surface area contributed by atoms with Crippen LogP contribution in [-0.4, -0.2) is 33.9 Å². The number of hydrogen-bond donors (Lipinski definition) is 0. The Hall–Kier alpha value is -4.30. The zero-order chi connectivity index (χ0) is 30.3. The van der Waals surface area contributed by atoms with E-state index < -0.39 is 11.2 Å². The van der Waals surface area contributed by atoms with E-state index >= 15 is 0 Å². The van der Waals surface area contributed by atoms with Gasteiger partial charge in [0.2, 0.25) is 6.79 Å². The van der Waals surface area contributed by atoms with Gasteiger partial charge in [0.05, 0.1) is 28.7 Å². The Morgan fingerprint density at radius 2 is 1.90 bits per heavy atom. The predicted molar refractivity (Wildman–Crippen MR) is 160 cm³/mol. The highest BCUT2D eigenvalue weighted by molar-refractivity contribution is 6.30. The molecule has 0 aliphatic heterocycles. The summed E-state index contributed by atoms with van der Waals surface area (Å²) in [6.07, 6.45) is 5.47. The van der Waals surface area contributed by atoms with Gasteiger partial charge in [0.25, 0.3) is 0 Å². The first kappa shape index (κ1) is 29.2. The van der Waals surface area contributed by atoms with Gasteiger partial charge in [-0.2, -0.15) is 0 Å². The number of aromatic nitrogens is 2. The molecule has 0 unspecified atom stereocenters. The number of carbonyl (C=O) groups is 3. The van der Waals surface area contributed by atoms with Gasteiger partial charge in [-0.15, -0.1) is 0 Å². The lowest BCUT2D eigenvalue weighted by Crippen LogP contribution is -2.24. The molecule has 0 bridgehead atoms. The van der Waals surface area contributed by atoms with Crippen molar-refractivity contribution in [1.82, 2.24) is 9.55 Å². The summed E-state index contributed by atoms with van der Waals surface area (Å²) in [7, 11) is 0. The molecule has 1 aliphatic rings. The quantitative estimate of drug-likeness (QED) is 0.0969. The Kier molecular flexibility index (Phi) is 7.77. The molecule has 42 heavy (non-hydrogen) atoms. The summed E-state index contributed by atoms with van der Waals surface area (Å²) in [5, 5.41) is 1.57. The van der Waals surface area contributed by atoms with Crippen LogP contribution in [0.1, 0.15) is 61.3 Å². The number of aryl methyl sites for hydroxylation is 1. The number of allylic oxidation sites excluding steroid dienone is 4. The van der Waals surface area contributed by atoms with Gasteiger partial charge in [-0.25, -0.2) is 9.37 Å². The SMILES string of the molecule is CC(=O)c1c(C2=CC=CCC2=O)c2cc(C)c(F)cc2n1Cc1cc2ccc(OCOC(=O)C(C)(C)C)cc2nc1Cl. The predicted octanol–water partition coefficient (Wildman–Crippen LogP) is 7.38. The zero-order valence-corrected chi connectivity index (χ0v) is 24.8. The van der Waals surface area contributed by atoms with Crippen LogP contribution in [0.15, 0.2) is 54.6 Å². The number of carbonyl (C=O) groups excluding carboxylic acids is 3. The maximum absolute atomic E-state index is 14.9. The summed E-state index contributed by atoms with van der Waals surface area (Å²) in [6.45, 7) is 8.23. The third-order valence-corrected chi connectivity index (χ3v) is 7.45. The van der Waals surface area contributed by atoms with Gasteiger partial charge < -0.3 is 14.0 Å². The summed E-state index contributed by atoms with van der Waals surface area (Å²) >= 11 is 6.65. The highest BCUT2D eigenvalue weighted by Crippen LogP contribution is 2.37. The molecule has 0 N–H and O–H groups in total. The number of fused-ring (bicyclic) bond motifs is 2. The van der Waals surface area contributed by atoms with E-state index in [2.05, 4.69) is 4.98 Å². The number of halogens is 2. The van der Waals surface area contributed by atoms with Crippen molar-refractivity contribution in [1.29, 1.82) is 0 Å². The maximum Gasteiger partial charge on any atom is 0.314 e. The van der Waals surface area contributed by atoms with Gasteiger partial charge in [-0.05, 0) is 63.6 Å². The lowest BCUT2D eigenvalue weighted by atomic mass is 9.92. The molecule has 0 saturated heterocycles. The second-order valence-corrected chi connectivity index (χ2v) is 11.7. The Morgan fingerprint density at radius 3 is 2.60 bits per heavy atom. The van der Waals surface area contributed by atoms with E-state index in [4.69, 9.17) is 21.1 Å². The van der Waals surface area contributed by atoms with E-state index in [1.54, 1.807) is 74.8 Å². The minimum absolute atomic E-state index is 0.113. The molecule has 0 radical (unpaired) electrons. The molecule has 0 atom stereocenters. The first-order valence-electron chi connectivity index (χ1n) is 13.5. The average Bonchev–Trinajstić information content (AvgIpc) is 3.21. The standard InChI is InChI=1S/C33H30ClFN2O5/c1-18-12-24-27(15-25(18)35)37(30(19(2)38)29(24)23-8-6-7-9-28(23)39)16-21-13-20-10-11-22(14-26(20)36-31(21)34)41-17-42-32(40)33(3,4)5/h6-8,10-15H,9,16-17H2,1-5H3. The minimum Gasteiger partial charge on any atom is -0.457 e. The topological polar surface area (TPSA) is 87.5 Å². The van der Waals surface area contributed by atoms with Crippen LogP contribution in [-0.2, 0) is 20.9 Å². The van der Waals surface area contributed by atoms with Gasteiger partial charge in [0.15, 0.2) is 11.6 Å². The molecular formula is C33H30ClFN2O5. The number of nitrogens with zero attached hydrogens (tertiary/aromatic N) is 2. The number of pyridine rings is 1. The van der Waals surface area contributed by atoms with E-state index in [0.29, 0.717) is 50.1 Å². The van der Waals surface area contributed by atoms with Gasteiger partial charge in [0.1, 0.15) is 16.7 Å². The molecule has 2 aromatic heterocycles. The van der Waals surface area contributed by atoms with Crippen molar-refractivity contribution < 1.29 is 28.2 Å². The molecule has 2 aromatic carbocycles. The smallest absolute Gasteiger partial charge is 0.314 e. The Balaban J connectivity index is 1.55. The third kappa shape index (κ3) is 5.59. The number of esters is 1. The summed E-state index contributed by atoms with van der Waals surface area (Å²) in [5.41, 5.74) is 2.62. The molecule has 7 nitrogen and oxygen atoms in total. The number of benzene rings is 2. The largest absolute Gasteiger partial charge is 0.457 e. The highest BCUT2D eigenvalue weighted by Gasteiger charge is 2.28. The fourth-order valence-corrected chi connectivity index (χ4v) is 5.16. The molecule has 9 heteroatoms. The molecule has 2 heterocycles. The number of hydrogen-bond acceptors (Lipinski definition) is 6. The fraction of sp³-hybridized carbons (Fsp3) is 0.273. The van der Waals surface area contributed by atoms with Gasteiger partial charge in [-0.3, -0.25) is 14.4 Å². The monoisotopic (exact) mass is 588 g/mol. The number of Topliss-reactive ketones (excluding diaryl/α,β-unsaturated/α-hetero) is 2. The Labute approximate surface area is 247 Å². The number of ether oxygens (including phenoxy) is 2. The molecule has 0 amide bonds. The van der Waals surface area contributed by atoms with E-state index in [1.165, 1.54) is 13.0 Å². The number of rotatable bonds is 7. The molecule has 0 saturated carbocycles. The lowest BCUT2D eigenvalue weighted by Gasteiger charge is -2.17. The highest BCUT2D eigenvalue weighted by atomic mass is 35.5. The van der Waals surface area contributed by atoms with Crippen LogP contribution in [0, 0.1) is 18.2 Å². The van der Waals surface area contributed by atoms with E-state index in [9.17, 15) is 18.8 Å². The van der Waals surface area contributed by atoms with Crippen molar-refractivity contribution in [3.63, 3.8) is 0 Å². The lowest BCUT2D eigenvalue weighted by molar-refractivity contribution is -0.159. The second-order valence-electron chi connectivity index (χ2n) is 11.4. The van der Waals surface area contributed by atoms with Gasteiger partial charge in [-0.1, -0.05) is 29.8 Å². The molecule has 1 aliphatic carbocycles. The summed E-state index contributed by atoms with van der Waals surface area (Å²) < 4.78 is 27.3. The molecule has 0 fully saturated rings. The van der Waals surface area contributed by atoms with Crippen LogP contribution in [0.3, 0.4) is 0 Å². The third-order valence-electron chi connectivity index (χ3n) is 7.12. The minimum atomic E-state index is -0.642. The first-order chi connectivity index (χ1) is 19.8. The van der Waals surface area contributed by atoms with Crippen LogP contribution in [0.2, 0.25) is 5.15 Å². The van der Waals surface area contributed by atoms with Crippen molar-refractivity contribution in [2.75, 3.05) is 6.79 Å². The first-order valence-corrected chi connectivity index (χ1v) is 13.9. The van der Waals surface area contributed by atoms with Crippen LogP contribution in [0.5, 0.6) is 5.75 Å². The second kappa shape index (κ2) is 11.2. The van der Waals surface area contributed by atoms with Crippen LogP contribution in [0.4, 0.5) is 4.39 Å². The summed E-state index contributed by atoms with van der Waals surface area (Å²) in [6, 6.07) is 10.1. The van der Waals surface area contributed by atoms with Crippen LogP contribution < -0.4 is 4.74 Å². The molecule has 0 spiro atoms. The average molecular weight is 589 g/mol. The van der Waals surface area contributed by atoms with Crippen molar-refractivity contribution in [3.05, 3.63) is 88.0 Å². The van der Waals surface area contributed by atoms with Crippen molar-refractivity contribution in [2.45, 2.75) is 47.6 Å². The Bertz CT molecular complexity index is 1850.